The van der Waals surface area contributed by atoms with Gasteiger partial charge in [-0.15, -0.1) is 0 Å². The van der Waals surface area contributed by atoms with Crippen molar-refractivity contribution >= 4 is 40.9 Å². The number of likely N-dealkylation sites (tertiary alicyclic amines) is 1. The molecule has 1 aromatic heterocycles. The summed E-state index contributed by atoms with van der Waals surface area (Å²) in [5.41, 5.74) is 3.96. The number of thioether (sulfide) groups is 1. The molecule has 2 aliphatic rings. The number of esters is 1. The van der Waals surface area contributed by atoms with Crippen LogP contribution in [0, 0.1) is 13.8 Å². The molecule has 34 heavy (non-hydrogen) atoms. The Morgan fingerprint density at radius 3 is 2.38 bits per heavy atom. The molecule has 0 saturated carbocycles. The third kappa shape index (κ3) is 4.65. The number of ether oxygens (including phenoxy) is 1. The topological polar surface area (TPSA) is 88.9 Å². The number of carbonyl (C=O) groups excluding carboxylic acids is 4. The molecule has 2 saturated heterocycles. The van der Waals surface area contributed by atoms with Gasteiger partial charge in [-0.2, -0.15) is 0 Å². The summed E-state index contributed by atoms with van der Waals surface area (Å²) in [4.78, 5) is 52.8. The molecular formula is C25H27N3O5S. The van der Waals surface area contributed by atoms with Gasteiger partial charge in [0.05, 0.1) is 17.6 Å². The zero-order valence-corrected chi connectivity index (χ0v) is 20.3. The van der Waals surface area contributed by atoms with Gasteiger partial charge < -0.3 is 14.2 Å². The fraction of sp³-hybridized carbons (Fsp3) is 0.360. The fourth-order valence-electron chi connectivity index (χ4n) is 4.35. The van der Waals surface area contributed by atoms with Crippen molar-refractivity contribution in [3.05, 3.63) is 57.8 Å². The van der Waals surface area contributed by atoms with Crippen LogP contribution < -0.4 is 0 Å². The number of benzene rings is 1. The third-order valence-corrected chi connectivity index (χ3v) is 7.09. The summed E-state index contributed by atoms with van der Waals surface area (Å²) in [6, 6.07) is 9.00. The molecule has 178 valence electrons. The van der Waals surface area contributed by atoms with Crippen LogP contribution in [-0.4, -0.2) is 64.1 Å². The highest BCUT2D eigenvalue weighted by Gasteiger charge is 2.37. The van der Waals surface area contributed by atoms with Gasteiger partial charge in [-0.25, -0.2) is 4.79 Å². The van der Waals surface area contributed by atoms with Crippen molar-refractivity contribution in [3.8, 4) is 5.69 Å². The van der Waals surface area contributed by atoms with Crippen LogP contribution in [0.25, 0.3) is 11.8 Å². The summed E-state index contributed by atoms with van der Waals surface area (Å²) in [5, 5.41) is -0.422. The van der Waals surface area contributed by atoms with E-state index in [0.29, 0.717) is 23.6 Å². The average molecular weight is 482 g/mol. The third-order valence-electron chi connectivity index (χ3n) is 6.18. The van der Waals surface area contributed by atoms with Gasteiger partial charge in [0.1, 0.15) is 6.54 Å². The lowest BCUT2D eigenvalue weighted by molar-refractivity contribution is -0.136. The first kappa shape index (κ1) is 23.8. The number of carbonyl (C=O) groups is 4. The maximum absolute atomic E-state index is 12.9. The first-order valence-electron chi connectivity index (χ1n) is 11.2. The Labute approximate surface area is 202 Å². The van der Waals surface area contributed by atoms with E-state index in [-0.39, 0.29) is 12.5 Å². The maximum Gasteiger partial charge on any atom is 0.337 e. The second-order valence-corrected chi connectivity index (χ2v) is 9.40. The largest absolute Gasteiger partial charge is 0.465 e. The molecule has 4 rings (SSSR count). The van der Waals surface area contributed by atoms with Crippen LogP contribution in [0.5, 0.6) is 0 Å². The molecule has 0 radical (unpaired) electrons. The number of hydrogen-bond acceptors (Lipinski definition) is 6. The lowest BCUT2D eigenvalue weighted by Crippen LogP contribution is -2.44. The first-order valence-corrected chi connectivity index (χ1v) is 12.0. The summed E-state index contributed by atoms with van der Waals surface area (Å²) in [6.45, 7) is 5.02. The van der Waals surface area contributed by atoms with E-state index in [2.05, 4.69) is 0 Å². The molecule has 2 fully saturated rings. The van der Waals surface area contributed by atoms with Crippen molar-refractivity contribution in [2.45, 2.75) is 33.1 Å². The number of aryl methyl sites for hydroxylation is 1. The number of rotatable bonds is 5. The highest BCUT2D eigenvalue weighted by Crippen LogP contribution is 2.34. The SMILES string of the molecule is COC(=O)c1ccc(-n2c(C)cc(/C=C3\SC(=O)N(CC(=O)N4CCCCC4)C3=O)c2C)cc1. The minimum Gasteiger partial charge on any atom is -0.465 e. The van der Waals surface area contributed by atoms with Gasteiger partial charge in [-0.05, 0) is 86.8 Å². The monoisotopic (exact) mass is 481 g/mol. The summed E-state index contributed by atoms with van der Waals surface area (Å²) < 4.78 is 6.76. The molecule has 2 aliphatic heterocycles. The van der Waals surface area contributed by atoms with E-state index < -0.39 is 17.1 Å². The van der Waals surface area contributed by atoms with Crippen molar-refractivity contribution in [1.29, 1.82) is 0 Å². The van der Waals surface area contributed by atoms with Crippen LogP contribution in [0.15, 0.2) is 35.2 Å². The Balaban J connectivity index is 1.54. The Morgan fingerprint density at radius 2 is 1.74 bits per heavy atom. The van der Waals surface area contributed by atoms with E-state index in [1.165, 1.54) is 7.11 Å². The molecule has 3 heterocycles. The van der Waals surface area contributed by atoms with Crippen LogP contribution >= 0.6 is 11.8 Å². The second kappa shape index (κ2) is 9.89. The van der Waals surface area contributed by atoms with E-state index in [9.17, 15) is 19.2 Å². The van der Waals surface area contributed by atoms with Crippen molar-refractivity contribution in [3.63, 3.8) is 0 Å². The zero-order chi connectivity index (χ0) is 24.4. The van der Waals surface area contributed by atoms with E-state index in [4.69, 9.17) is 4.74 Å². The van der Waals surface area contributed by atoms with Gasteiger partial charge in [0.25, 0.3) is 11.1 Å². The molecular weight excluding hydrogens is 454 g/mol. The number of methoxy groups -OCH3 is 1. The fourth-order valence-corrected chi connectivity index (χ4v) is 5.18. The number of amides is 3. The van der Waals surface area contributed by atoms with Crippen LogP contribution in [0.3, 0.4) is 0 Å². The van der Waals surface area contributed by atoms with Crippen molar-refractivity contribution in [2.24, 2.45) is 0 Å². The number of aromatic nitrogens is 1. The molecule has 0 bridgehead atoms. The molecule has 0 unspecified atom stereocenters. The van der Waals surface area contributed by atoms with Crippen LogP contribution in [0.2, 0.25) is 0 Å². The number of piperidine rings is 1. The lowest BCUT2D eigenvalue weighted by atomic mass is 10.1. The van der Waals surface area contributed by atoms with Crippen molar-refractivity contribution in [2.75, 3.05) is 26.7 Å². The lowest BCUT2D eigenvalue weighted by Gasteiger charge is -2.27. The number of nitrogens with zero attached hydrogens (tertiary/aromatic N) is 3. The Kier molecular flexibility index (Phi) is 6.92. The molecule has 2 aromatic rings. The van der Waals surface area contributed by atoms with Crippen molar-refractivity contribution in [1.82, 2.24) is 14.4 Å². The van der Waals surface area contributed by atoms with E-state index in [0.717, 1.165) is 58.6 Å². The normalized spacial score (nSPS) is 17.6. The number of imide groups is 1. The van der Waals surface area contributed by atoms with Gasteiger partial charge in [0.15, 0.2) is 0 Å². The highest BCUT2D eigenvalue weighted by molar-refractivity contribution is 8.18. The van der Waals surface area contributed by atoms with Crippen LogP contribution in [-0.2, 0) is 14.3 Å². The Morgan fingerprint density at radius 1 is 1.06 bits per heavy atom. The van der Waals surface area contributed by atoms with E-state index >= 15 is 0 Å². The highest BCUT2D eigenvalue weighted by atomic mass is 32.2. The van der Waals surface area contributed by atoms with Gasteiger partial charge >= 0.3 is 5.97 Å². The quantitative estimate of drug-likeness (QED) is 0.475. The summed E-state index contributed by atoms with van der Waals surface area (Å²) in [7, 11) is 1.34. The predicted octanol–water partition coefficient (Wildman–Crippen LogP) is 3.93. The smallest absolute Gasteiger partial charge is 0.337 e. The molecule has 0 aliphatic carbocycles. The van der Waals surface area contributed by atoms with Crippen molar-refractivity contribution < 1.29 is 23.9 Å². The standard InChI is InChI=1S/C25H27N3O5S/c1-16-13-19(17(2)28(16)20-9-7-18(8-10-20)24(31)33-3)14-21-23(30)27(25(32)34-21)15-22(29)26-11-5-4-6-12-26/h7-10,13-14H,4-6,11-12,15H2,1-3H3/b21-14-. The van der Waals surface area contributed by atoms with Crippen LogP contribution in [0.1, 0.15) is 46.6 Å². The molecule has 0 N–H and O–H groups in total. The minimum atomic E-state index is -0.437. The molecule has 0 spiro atoms. The maximum atomic E-state index is 12.9. The van der Waals surface area contributed by atoms with E-state index in [1.807, 2.05) is 36.6 Å². The number of hydrogen-bond donors (Lipinski definition) is 0. The molecule has 1 aromatic carbocycles. The Hall–Kier alpha value is -3.33. The molecule has 8 nitrogen and oxygen atoms in total. The van der Waals surface area contributed by atoms with Gasteiger partial charge in [0.2, 0.25) is 5.91 Å². The summed E-state index contributed by atoms with van der Waals surface area (Å²) in [6.07, 6.45) is 4.71. The summed E-state index contributed by atoms with van der Waals surface area (Å²) >= 11 is 0.860. The zero-order valence-electron chi connectivity index (χ0n) is 19.5. The average Bonchev–Trinajstić information content (AvgIpc) is 3.28. The summed E-state index contributed by atoms with van der Waals surface area (Å²) in [5.74, 6) is -1.02. The Bertz CT molecular complexity index is 1180. The van der Waals surface area contributed by atoms with Crippen LogP contribution in [0.4, 0.5) is 4.79 Å². The minimum absolute atomic E-state index is 0.183. The van der Waals surface area contributed by atoms with Gasteiger partial charge in [-0.3, -0.25) is 19.3 Å². The van der Waals surface area contributed by atoms with Gasteiger partial charge in [-0.1, -0.05) is 0 Å². The predicted molar refractivity (Wildman–Crippen MR) is 130 cm³/mol. The van der Waals surface area contributed by atoms with Gasteiger partial charge in [0, 0.05) is 30.2 Å². The second-order valence-electron chi connectivity index (χ2n) is 8.41. The molecule has 0 atom stereocenters. The van der Waals surface area contributed by atoms with E-state index in [1.54, 1.807) is 23.1 Å². The molecule has 3 amide bonds. The first-order chi connectivity index (χ1) is 16.3. The molecule has 9 heteroatoms.